The Hall–Kier alpha value is -2.00. The number of carbonyl (C=O) groups is 2. The highest BCUT2D eigenvalue weighted by Crippen LogP contribution is 2.24. The minimum absolute atomic E-state index is 0.00850. The molecule has 0 bridgehead atoms. The van der Waals surface area contributed by atoms with E-state index in [2.05, 4.69) is 9.97 Å². The van der Waals surface area contributed by atoms with Gasteiger partial charge in [0.2, 0.25) is 5.88 Å². The molecule has 0 unspecified atom stereocenters. The molecule has 7 nitrogen and oxygen atoms in total. The number of aryl methyl sites for hydroxylation is 3. The summed E-state index contributed by atoms with van der Waals surface area (Å²) in [6.07, 6.45) is 0.658. The molecule has 2 aromatic heterocycles. The summed E-state index contributed by atoms with van der Waals surface area (Å²) in [5.41, 5.74) is 0.724. The molecule has 0 saturated carbocycles. The second kappa shape index (κ2) is 7.51. The molecule has 9 heteroatoms. The van der Waals surface area contributed by atoms with Gasteiger partial charge in [0, 0.05) is 0 Å². The van der Waals surface area contributed by atoms with Gasteiger partial charge in [0.1, 0.15) is 18.1 Å². The zero-order valence-corrected chi connectivity index (χ0v) is 14.5. The highest BCUT2D eigenvalue weighted by atomic mass is 32.1. The third kappa shape index (κ3) is 4.26. The van der Waals surface area contributed by atoms with Crippen LogP contribution in [0.4, 0.5) is 0 Å². The van der Waals surface area contributed by atoms with E-state index in [1.165, 1.54) is 11.3 Å². The summed E-state index contributed by atoms with van der Waals surface area (Å²) in [4.78, 5) is 31.9. The van der Waals surface area contributed by atoms with Gasteiger partial charge in [-0.2, -0.15) is 0 Å². The molecule has 2 rings (SSSR count). The number of ether oxygens (including phenoxy) is 2. The van der Waals surface area contributed by atoms with Crippen LogP contribution in [-0.4, -0.2) is 40.2 Å². The van der Waals surface area contributed by atoms with E-state index in [9.17, 15) is 9.59 Å². The molecule has 0 aromatic carbocycles. The number of carbonyl (C=O) groups excluding carboxylic acids is 1. The predicted octanol–water partition coefficient (Wildman–Crippen LogP) is 2.71. The van der Waals surface area contributed by atoms with Crippen LogP contribution < -0.4 is 4.74 Å². The van der Waals surface area contributed by atoms with Crippen molar-refractivity contribution in [2.45, 2.75) is 27.2 Å². The predicted molar refractivity (Wildman–Crippen MR) is 85.8 cm³/mol. The molecule has 0 aliphatic carbocycles. The van der Waals surface area contributed by atoms with E-state index in [-0.39, 0.29) is 24.0 Å². The summed E-state index contributed by atoms with van der Waals surface area (Å²) in [6.45, 7) is 5.50. The first-order valence-electron chi connectivity index (χ1n) is 6.89. The van der Waals surface area contributed by atoms with Crippen molar-refractivity contribution in [2.75, 3.05) is 13.2 Å². The number of carboxylic acids is 1. The van der Waals surface area contributed by atoms with Crippen molar-refractivity contribution in [2.24, 2.45) is 0 Å². The number of rotatable bonds is 7. The number of thiazole rings is 2. The molecule has 2 heterocycles. The normalized spacial score (nSPS) is 10.6. The molecule has 0 amide bonds. The molecule has 0 saturated heterocycles. The summed E-state index contributed by atoms with van der Waals surface area (Å²) in [7, 11) is 0. The topological polar surface area (TPSA) is 98.6 Å². The molecule has 1 N–H and O–H groups in total. The van der Waals surface area contributed by atoms with Gasteiger partial charge >= 0.3 is 11.9 Å². The van der Waals surface area contributed by atoms with Crippen molar-refractivity contribution >= 4 is 34.6 Å². The Labute approximate surface area is 140 Å². The van der Waals surface area contributed by atoms with Crippen LogP contribution in [0.5, 0.6) is 5.88 Å². The Kier molecular flexibility index (Phi) is 5.67. The van der Waals surface area contributed by atoms with Crippen molar-refractivity contribution in [3.05, 3.63) is 25.5 Å². The number of nitrogens with zero attached hydrogens (tertiary/aromatic N) is 2. The number of hydrogen-bond acceptors (Lipinski definition) is 8. The SMILES string of the molecule is CCc1nc(C)sc1C(=O)OCCOc1nc(C)sc1C(=O)O. The molecular formula is C14H16N2O5S2. The number of aromatic nitrogens is 2. The highest BCUT2D eigenvalue weighted by Gasteiger charge is 2.19. The van der Waals surface area contributed by atoms with Gasteiger partial charge in [0.15, 0.2) is 4.88 Å². The Bertz CT molecular complexity index is 723. The van der Waals surface area contributed by atoms with Gasteiger partial charge in [0.25, 0.3) is 0 Å². The van der Waals surface area contributed by atoms with E-state index in [0.717, 1.165) is 22.0 Å². The molecule has 0 spiro atoms. The molecule has 0 fully saturated rings. The average Bonchev–Trinajstić information content (AvgIpc) is 3.06. The quantitative estimate of drug-likeness (QED) is 0.601. The zero-order chi connectivity index (χ0) is 17.0. The van der Waals surface area contributed by atoms with Crippen molar-refractivity contribution in [3.63, 3.8) is 0 Å². The molecule has 0 aliphatic rings. The first-order valence-corrected chi connectivity index (χ1v) is 8.52. The van der Waals surface area contributed by atoms with Crippen LogP contribution in [0.1, 0.15) is 42.0 Å². The molecule has 0 radical (unpaired) electrons. The highest BCUT2D eigenvalue weighted by molar-refractivity contribution is 7.14. The van der Waals surface area contributed by atoms with Gasteiger partial charge in [0.05, 0.1) is 15.7 Å². The van der Waals surface area contributed by atoms with Crippen molar-refractivity contribution in [3.8, 4) is 5.88 Å². The van der Waals surface area contributed by atoms with Crippen LogP contribution >= 0.6 is 22.7 Å². The Morgan fingerprint density at radius 2 is 1.74 bits per heavy atom. The van der Waals surface area contributed by atoms with Crippen molar-refractivity contribution in [1.82, 2.24) is 9.97 Å². The van der Waals surface area contributed by atoms with Crippen molar-refractivity contribution in [1.29, 1.82) is 0 Å². The summed E-state index contributed by atoms with van der Waals surface area (Å²) >= 11 is 2.34. The monoisotopic (exact) mass is 356 g/mol. The van der Waals surface area contributed by atoms with E-state index in [1.807, 2.05) is 13.8 Å². The molecule has 23 heavy (non-hydrogen) atoms. The van der Waals surface area contributed by atoms with E-state index < -0.39 is 11.9 Å². The second-order valence-corrected chi connectivity index (χ2v) is 6.93. The van der Waals surface area contributed by atoms with Gasteiger partial charge < -0.3 is 14.6 Å². The maximum absolute atomic E-state index is 12.0. The fourth-order valence-electron chi connectivity index (χ4n) is 1.85. The van der Waals surface area contributed by atoms with E-state index >= 15 is 0 Å². The maximum atomic E-state index is 12.0. The van der Waals surface area contributed by atoms with Crippen molar-refractivity contribution < 1.29 is 24.2 Å². The average molecular weight is 356 g/mol. The summed E-state index contributed by atoms with van der Waals surface area (Å²) in [5, 5.41) is 10.4. The van der Waals surface area contributed by atoms with E-state index in [1.54, 1.807) is 6.92 Å². The fraction of sp³-hybridized carbons (Fsp3) is 0.429. The lowest BCUT2D eigenvalue weighted by atomic mass is 10.3. The van der Waals surface area contributed by atoms with Gasteiger partial charge in [-0.1, -0.05) is 6.92 Å². The van der Waals surface area contributed by atoms with Crippen LogP contribution in [-0.2, 0) is 11.2 Å². The number of aromatic carboxylic acids is 1. The lowest BCUT2D eigenvalue weighted by Gasteiger charge is -2.05. The molecule has 2 aromatic rings. The third-order valence-electron chi connectivity index (χ3n) is 2.78. The molecule has 0 atom stereocenters. The molecule has 124 valence electrons. The molecular weight excluding hydrogens is 340 g/mol. The van der Waals surface area contributed by atoms with Gasteiger partial charge in [-0.3, -0.25) is 0 Å². The summed E-state index contributed by atoms with van der Waals surface area (Å²) in [6, 6.07) is 0. The Balaban J connectivity index is 1.88. The zero-order valence-electron chi connectivity index (χ0n) is 12.9. The molecule has 0 aliphatic heterocycles. The maximum Gasteiger partial charge on any atom is 0.351 e. The van der Waals surface area contributed by atoms with Crippen LogP contribution in [0.25, 0.3) is 0 Å². The van der Waals surface area contributed by atoms with Gasteiger partial charge in [-0.25, -0.2) is 19.6 Å². The minimum atomic E-state index is -1.09. The Morgan fingerprint density at radius 3 is 2.39 bits per heavy atom. The minimum Gasteiger partial charge on any atom is -0.477 e. The summed E-state index contributed by atoms with van der Waals surface area (Å²) in [5.74, 6) is -1.47. The lowest BCUT2D eigenvalue weighted by molar-refractivity contribution is 0.0448. The van der Waals surface area contributed by atoms with Crippen LogP contribution in [0.2, 0.25) is 0 Å². The second-order valence-electron chi connectivity index (χ2n) is 4.52. The number of esters is 1. The van der Waals surface area contributed by atoms with Crippen LogP contribution in [0.15, 0.2) is 0 Å². The third-order valence-corrected chi connectivity index (χ3v) is 4.71. The largest absolute Gasteiger partial charge is 0.477 e. The summed E-state index contributed by atoms with van der Waals surface area (Å²) < 4.78 is 10.4. The van der Waals surface area contributed by atoms with Gasteiger partial charge in [-0.15, -0.1) is 22.7 Å². The number of carboxylic acid groups (broad SMARTS) is 1. The first kappa shape index (κ1) is 17.4. The van der Waals surface area contributed by atoms with Crippen LogP contribution in [0, 0.1) is 13.8 Å². The van der Waals surface area contributed by atoms with E-state index in [4.69, 9.17) is 14.6 Å². The van der Waals surface area contributed by atoms with Gasteiger partial charge in [-0.05, 0) is 20.3 Å². The van der Waals surface area contributed by atoms with Crippen LogP contribution in [0.3, 0.4) is 0 Å². The lowest BCUT2D eigenvalue weighted by Crippen LogP contribution is -2.13. The standard InChI is InChI=1S/C14H16N2O5S2/c1-4-9-10(22-7(2)15-9)14(19)21-6-5-20-12-11(13(17)18)23-8(3)16-12/h4-6H2,1-3H3,(H,17,18). The Morgan fingerprint density at radius 1 is 1.09 bits per heavy atom. The number of hydrogen-bond donors (Lipinski definition) is 1. The smallest absolute Gasteiger partial charge is 0.351 e. The first-order chi connectivity index (χ1) is 10.9. The fourth-order valence-corrected chi connectivity index (χ4v) is 3.45. The van der Waals surface area contributed by atoms with E-state index in [0.29, 0.717) is 16.3 Å².